The largest absolute Gasteiger partial charge is 0.383 e. The average molecular weight is 568 g/mol. The van der Waals surface area contributed by atoms with Crippen LogP contribution in [0.4, 0.5) is 5.69 Å². The highest BCUT2D eigenvalue weighted by atomic mass is 32.3. The van der Waals surface area contributed by atoms with Crippen molar-refractivity contribution >= 4 is 76.2 Å². The summed E-state index contributed by atoms with van der Waals surface area (Å²) < 4.78 is 57.5. The summed E-state index contributed by atoms with van der Waals surface area (Å²) >= 11 is 2.25. The second kappa shape index (κ2) is 9.49. The number of nitrogens with two attached hydrogens (primary N) is 1. The molecule has 188 valence electrons. The van der Waals surface area contributed by atoms with E-state index < -0.39 is 20.0 Å². The summed E-state index contributed by atoms with van der Waals surface area (Å²) in [5, 5.41) is 10.8. The van der Waals surface area contributed by atoms with E-state index in [2.05, 4.69) is 0 Å². The molecule has 11 heteroatoms. The minimum atomic E-state index is -4.62. The topological polar surface area (TPSA) is 121 Å². The molecule has 0 saturated carbocycles. The van der Waals surface area contributed by atoms with Gasteiger partial charge in [-0.05, 0) is 58.1 Å². The summed E-state index contributed by atoms with van der Waals surface area (Å²) in [7, 11) is -9.24. The van der Waals surface area contributed by atoms with Gasteiger partial charge >= 0.3 is 0 Å². The maximum atomic E-state index is 14.2. The quantitative estimate of drug-likeness (QED) is 0.149. The first kappa shape index (κ1) is 25.3. The van der Waals surface area contributed by atoms with Crippen LogP contribution < -0.4 is 9.44 Å². The molecule has 37 heavy (non-hydrogen) atoms. The number of nitrogen functional groups attached to an aromatic ring is 1. The number of anilines is 1. The van der Waals surface area contributed by atoms with Crippen molar-refractivity contribution < 1.29 is 16.8 Å². The smallest absolute Gasteiger partial charge is 0.277 e. The van der Waals surface area contributed by atoms with Gasteiger partial charge in [0.15, 0.2) is 0 Å². The van der Waals surface area contributed by atoms with Crippen molar-refractivity contribution in [2.24, 2.45) is 5.73 Å². The Morgan fingerprint density at radius 1 is 0.757 bits per heavy atom. The van der Waals surface area contributed by atoms with E-state index in [-0.39, 0.29) is 26.2 Å². The maximum absolute atomic E-state index is 14.2. The fraction of sp³-hybridized carbons (Fsp3) is 0.0385. The molecule has 0 unspecified atom stereocenters. The van der Waals surface area contributed by atoms with Crippen LogP contribution in [0.2, 0.25) is 0 Å². The first-order valence-electron chi connectivity index (χ1n) is 10.9. The lowest BCUT2D eigenvalue weighted by atomic mass is 10.1. The van der Waals surface area contributed by atoms with Crippen molar-refractivity contribution in [2.75, 3.05) is 9.97 Å². The van der Waals surface area contributed by atoms with Crippen molar-refractivity contribution in [3.8, 4) is 0 Å². The number of rotatable bonds is 7. The van der Waals surface area contributed by atoms with Crippen LogP contribution in [-0.2, 0) is 20.0 Å². The highest BCUT2D eigenvalue weighted by molar-refractivity contribution is 8.10. The molecule has 1 heterocycles. The third-order valence-electron chi connectivity index (χ3n) is 5.80. The van der Waals surface area contributed by atoms with E-state index in [9.17, 15) is 16.8 Å². The minimum absolute atomic E-state index is 0.0657. The molecule has 0 saturated heterocycles. The molecule has 0 aliphatic carbocycles. The van der Waals surface area contributed by atoms with Gasteiger partial charge in [0.25, 0.3) is 20.0 Å². The lowest BCUT2D eigenvalue weighted by molar-refractivity contribution is 0.584. The van der Waals surface area contributed by atoms with E-state index in [0.717, 1.165) is 22.1 Å². The second-order valence-corrected chi connectivity index (χ2v) is 14.1. The summed E-state index contributed by atoms with van der Waals surface area (Å²) in [5.41, 5.74) is 5.62. The van der Waals surface area contributed by atoms with E-state index in [1.165, 1.54) is 42.1 Å². The van der Waals surface area contributed by atoms with Gasteiger partial charge in [-0.1, -0.05) is 60.7 Å². The Morgan fingerprint density at radius 3 is 1.65 bits per heavy atom. The van der Waals surface area contributed by atoms with Crippen molar-refractivity contribution in [3.63, 3.8) is 0 Å². The zero-order valence-electron chi connectivity index (χ0n) is 19.5. The van der Waals surface area contributed by atoms with Crippen molar-refractivity contribution in [1.29, 1.82) is 5.41 Å². The van der Waals surface area contributed by atoms with Gasteiger partial charge < -0.3 is 5.73 Å². The van der Waals surface area contributed by atoms with Crippen LogP contribution in [0, 0.1) is 5.41 Å². The molecule has 7 nitrogen and oxygen atoms in total. The lowest BCUT2D eigenvalue weighted by Crippen LogP contribution is -2.37. The summed E-state index contributed by atoms with van der Waals surface area (Å²) in [6.07, 6.45) is 1.71. The van der Waals surface area contributed by atoms with Gasteiger partial charge in [0, 0.05) is 0 Å². The molecule has 0 spiro atoms. The Kier molecular flexibility index (Phi) is 6.48. The SMILES string of the molecule is CSc1sc(C(=N)N)cc1N(S(=O)(=O)c1ccc2ccccc2c1)S(=O)(=O)c1ccc2ccccc2c1. The highest BCUT2D eigenvalue weighted by Crippen LogP contribution is 2.42. The number of benzene rings is 4. The Bertz CT molecular complexity index is 1790. The molecular weight excluding hydrogens is 547 g/mol. The molecule has 0 bridgehead atoms. The Hall–Kier alpha value is -3.38. The third kappa shape index (κ3) is 4.48. The van der Waals surface area contributed by atoms with E-state index in [1.807, 2.05) is 24.3 Å². The summed E-state index contributed by atoms with van der Waals surface area (Å²) in [5.74, 6) is -0.280. The fourth-order valence-corrected chi connectivity index (χ4v) is 9.70. The van der Waals surface area contributed by atoms with Crippen LogP contribution in [0.15, 0.2) is 105 Å². The molecular formula is C26H21N3O4S4. The first-order valence-corrected chi connectivity index (χ1v) is 15.9. The summed E-state index contributed by atoms with van der Waals surface area (Å²) in [4.78, 5) is -0.0665. The molecule has 5 aromatic rings. The van der Waals surface area contributed by atoms with E-state index in [0.29, 0.717) is 18.7 Å². The van der Waals surface area contributed by atoms with Crippen molar-refractivity contribution in [2.45, 2.75) is 14.0 Å². The highest BCUT2D eigenvalue weighted by Gasteiger charge is 2.39. The van der Waals surface area contributed by atoms with Crippen LogP contribution in [0.1, 0.15) is 4.88 Å². The summed E-state index contributed by atoms with van der Waals surface area (Å²) in [6, 6.07) is 24.8. The number of hydrogen-bond donors (Lipinski definition) is 2. The van der Waals surface area contributed by atoms with Gasteiger partial charge in [0.2, 0.25) is 0 Å². The molecule has 0 fully saturated rings. The molecule has 0 aliphatic heterocycles. The molecule has 0 aliphatic rings. The van der Waals surface area contributed by atoms with Gasteiger partial charge in [-0.25, -0.2) is 16.8 Å². The number of thioether (sulfide) groups is 1. The number of nitrogens with one attached hydrogen (secondary N) is 1. The second-order valence-electron chi connectivity index (χ2n) is 8.13. The molecule has 0 radical (unpaired) electrons. The zero-order chi connectivity index (χ0) is 26.4. The van der Waals surface area contributed by atoms with Crippen LogP contribution >= 0.6 is 23.1 Å². The first-order chi connectivity index (χ1) is 17.6. The lowest BCUT2D eigenvalue weighted by Gasteiger charge is -2.24. The molecule has 3 N–H and O–H groups in total. The maximum Gasteiger partial charge on any atom is 0.277 e. The van der Waals surface area contributed by atoms with E-state index in [4.69, 9.17) is 11.1 Å². The normalized spacial score (nSPS) is 12.1. The van der Waals surface area contributed by atoms with E-state index in [1.54, 1.807) is 42.7 Å². The predicted octanol–water partition coefficient (Wildman–Crippen LogP) is 5.64. The number of hydrogen-bond acceptors (Lipinski definition) is 7. The number of sulfonamides is 2. The van der Waals surface area contributed by atoms with Crippen molar-refractivity contribution in [3.05, 3.63) is 95.9 Å². The van der Waals surface area contributed by atoms with Crippen LogP contribution in [0.5, 0.6) is 0 Å². The van der Waals surface area contributed by atoms with Crippen molar-refractivity contribution in [1.82, 2.24) is 0 Å². The molecule has 0 amide bonds. The summed E-state index contributed by atoms with van der Waals surface area (Å²) in [6.45, 7) is 0. The number of thiophene rings is 1. The van der Waals surface area contributed by atoms with Gasteiger partial charge in [-0.2, -0.15) is 3.71 Å². The van der Waals surface area contributed by atoms with Gasteiger partial charge in [-0.15, -0.1) is 23.1 Å². The minimum Gasteiger partial charge on any atom is -0.383 e. The Balaban J connectivity index is 1.78. The third-order valence-corrected chi connectivity index (χ3v) is 12.2. The van der Waals surface area contributed by atoms with Crippen LogP contribution in [0.25, 0.3) is 21.5 Å². The average Bonchev–Trinajstić information content (AvgIpc) is 3.31. The van der Waals surface area contributed by atoms with E-state index >= 15 is 0 Å². The molecule has 4 aromatic carbocycles. The number of amidine groups is 1. The van der Waals surface area contributed by atoms with Crippen LogP contribution in [-0.4, -0.2) is 28.9 Å². The van der Waals surface area contributed by atoms with Crippen LogP contribution in [0.3, 0.4) is 0 Å². The van der Waals surface area contributed by atoms with Gasteiger partial charge in [0.05, 0.1) is 24.6 Å². The number of nitrogens with zero attached hydrogens (tertiary/aromatic N) is 1. The number of fused-ring (bicyclic) bond motifs is 2. The monoisotopic (exact) mass is 567 g/mol. The Labute approximate surface area is 223 Å². The molecule has 1 aromatic heterocycles. The van der Waals surface area contributed by atoms with Gasteiger partial charge in [-0.3, -0.25) is 5.41 Å². The Morgan fingerprint density at radius 2 is 1.22 bits per heavy atom. The molecule has 5 rings (SSSR count). The zero-order valence-corrected chi connectivity index (χ0v) is 22.7. The molecule has 0 atom stereocenters. The standard InChI is InChI=1S/C26H21N3O4S4/c1-34-26-23(16-24(35-26)25(27)28)29(36(30,31)21-12-10-17-6-2-4-8-19(17)14-21)37(32,33)22-13-11-18-7-3-5-9-20(18)15-22/h2-16H,1H3,(H3,27,28). The van der Waals surface area contributed by atoms with Gasteiger partial charge in [0.1, 0.15) is 5.84 Å². The fourth-order valence-electron chi connectivity index (χ4n) is 4.01. The predicted molar refractivity (Wildman–Crippen MR) is 152 cm³/mol.